The number of aromatic amines is 1. The van der Waals surface area contributed by atoms with Gasteiger partial charge in [0.1, 0.15) is 11.6 Å². The molecule has 0 saturated heterocycles. The van der Waals surface area contributed by atoms with Crippen molar-refractivity contribution in [2.24, 2.45) is 7.05 Å². The fourth-order valence-electron chi connectivity index (χ4n) is 3.62. The fourth-order valence-corrected chi connectivity index (χ4v) is 3.62. The molecule has 0 unspecified atom stereocenters. The topological polar surface area (TPSA) is 59.0 Å². The van der Waals surface area contributed by atoms with Crippen LogP contribution in [0.3, 0.4) is 0 Å². The van der Waals surface area contributed by atoms with Crippen molar-refractivity contribution < 1.29 is 4.74 Å². The number of aromatic nitrogens is 4. The van der Waals surface area contributed by atoms with Gasteiger partial charge in [0.15, 0.2) is 0 Å². The number of aryl methyl sites for hydroxylation is 1. The highest BCUT2D eigenvalue weighted by molar-refractivity contribution is 5.42. The highest BCUT2D eigenvalue weighted by Crippen LogP contribution is 2.38. The summed E-state index contributed by atoms with van der Waals surface area (Å²) in [4.78, 5) is 14.9. The Morgan fingerprint density at radius 2 is 2.15 bits per heavy atom. The van der Waals surface area contributed by atoms with Crippen molar-refractivity contribution in [2.75, 3.05) is 13.2 Å². The van der Waals surface area contributed by atoms with Crippen LogP contribution in [0.2, 0.25) is 0 Å². The van der Waals surface area contributed by atoms with E-state index in [2.05, 4.69) is 49.5 Å². The Morgan fingerprint density at radius 1 is 1.27 bits per heavy atom. The van der Waals surface area contributed by atoms with Gasteiger partial charge in [-0.1, -0.05) is 25.1 Å². The number of fused-ring (bicyclic) bond motifs is 1. The molecule has 0 amide bonds. The molecule has 6 nitrogen and oxygen atoms in total. The molecule has 136 valence electrons. The Kier molecular flexibility index (Phi) is 4.75. The standard InChI is InChI=1S/C20H25N5O/c1-3-12-26-17-7-5-4-6-15(17)20-19-16(22-14-23-19)8-10-25(20)13-18-21-9-11-24(18)2/h4-7,9,11,14,20H,3,8,10,12-13H2,1-2H3,(H,22,23)/t20-/m0/s1. The van der Waals surface area contributed by atoms with E-state index in [1.54, 1.807) is 6.33 Å². The monoisotopic (exact) mass is 351 g/mol. The second-order valence-electron chi connectivity index (χ2n) is 6.73. The fraction of sp³-hybridized carbons (Fsp3) is 0.400. The highest BCUT2D eigenvalue weighted by atomic mass is 16.5. The van der Waals surface area contributed by atoms with Gasteiger partial charge in [0.05, 0.1) is 31.2 Å². The van der Waals surface area contributed by atoms with E-state index in [4.69, 9.17) is 4.74 Å². The molecule has 0 aliphatic carbocycles. The number of ether oxygens (including phenoxy) is 1. The van der Waals surface area contributed by atoms with Crippen LogP contribution in [0, 0.1) is 0 Å². The van der Waals surface area contributed by atoms with Gasteiger partial charge >= 0.3 is 0 Å². The van der Waals surface area contributed by atoms with Crippen LogP contribution >= 0.6 is 0 Å². The molecule has 3 heterocycles. The molecule has 0 saturated carbocycles. The van der Waals surface area contributed by atoms with Crippen molar-refractivity contribution in [3.63, 3.8) is 0 Å². The van der Waals surface area contributed by atoms with Gasteiger partial charge in [-0.3, -0.25) is 4.90 Å². The van der Waals surface area contributed by atoms with E-state index >= 15 is 0 Å². The third-order valence-corrected chi connectivity index (χ3v) is 4.97. The first kappa shape index (κ1) is 16.8. The minimum absolute atomic E-state index is 0.0646. The van der Waals surface area contributed by atoms with E-state index in [0.29, 0.717) is 0 Å². The van der Waals surface area contributed by atoms with E-state index in [1.807, 2.05) is 25.5 Å². The molecule has 1 aliphatic rings. The first-order valence-corrected chi connectivity index (χ1v) is 9.22. The first-order chi connectivity index (χ1) is 12.8. The third kappa shape index (κ3) is 3.12. The minimum Gasteiger partial charge on any atom is -0.493 e. The Balaban J connectivity index is 1.73. The number of hydrogen-bond donors (Lipinski definition) is 1. The van der Waals surface area contributed by atoms with Crippen LogP contribution < -0.4 is 4.74 Å². The quantitative estimate of drug-likeness (QED) is 0.741. The normalized spacial score (nSPS) is 17.2. The average Bonchev–Trinajstić information content (AvgIpc) is 3.29. The maximum atomic E-state index is 6.05. The summed E-state index contributed by atoms with van der Waals surface area (Å²) in [5.74, 6) is 2.00. The van der Waals surface area contributed by atoms with Crippen LogP contribution in [-0.2, 0) is 20.0 Å². The second kappa shape index (κ2) is 7.33. The third-order valence-electron chi connectivity index (χ3n) is 4.97. The van der Waals surface area contributed by atoms with Gasteiger partial charge in [-0.05, 0) is 12.5 Å². The summed E-state index contributed by atoms with van der Waals surface area (Å²) >= 11 is 0. The lowest BCUT2D eigenvalue weighted by Crippen LogP contribution is -2.36. The molecule has 4 rings (SSSR count). The zero-order chi connectivity index (χ0) is 17.9. The van der Waals surface area contributed by atoms with Crippen molar-refractivity contribution in [1.29, 1.82) is 0 Å². The number of benzene rings is 1. The van der Waals surface area contributed by atoms with Gasteiger partial charge in [0.25, 0.3) is 0 Å². The molecule has 3 aromatic rings. The Hall–Kier alpha value is -2.60. The molecule has 1 N–H and O–H groups in total. The van der Waals surface area contributed by atoms with Crippen LogP contribution in [0.15, 0.2) is 43.0 Å². The van der Waals surface area contributed by atoms with Crippen LogP contribution in [0.5, 0.6) is 5.75 Å². The molecule has 26 heavy (non-hydrogen) atoms. The van der Waals surface area contributed by atoms with Gasteiger partial charge in [-0.2, -0.15) is 0 Å². The molecule has 1 atom stereocenters. The molecule has 0 bridgehead atoms. The van der Waals surface area contributed by atoms with E-state index in [1.165, 1.54) is 11.3 Å². The van der Waals surface area contributed by atoms with E-state index < -0.39 is 0 Å². The molecule has 1 aromatic carbocycles. The predicted molar refractivity (Wildman–Crippen MR) is 100.0 cm³/mol. The number of rotatable bonds is 6. The van der Waals surface area contributed by atoms with Gasteiger partial charge in [0.2, 0.25) is 0 Å². The van der Waals surface area contributed by atoms with Crippen molar-refractivity contribution in [3.05, 3.63) is 65.8 Å². The smallest absolute Gasteiger partial charge is 0.124 e. The van der Waals surface area contributed by atoms with Crippen LogP contribution in [0.4, 0.5) is 0 Å². The Bertz CT molecular complexity index is 868. The van der Waals surface area contributed by atoms with Crippen LogP contribution in [0.1, 0.15) is 42.2 Å². The zero-order valence-corrected chi connectivity index (χ0v) is 15.4. The summed E-state index contributed by atoms with van der Waals surface area (Å²) in [7, 11) is 2.04. The molecule has 2 aromatic heterocycles. The van der Waals surface area contributed by atoms with Crippen LogP contribution in [-0.4, -0.2) is 37.6 Å². The summed E-state index contributed by atoms with van der Waals surface area (Å²) in [5, 5.41) is 0. The highest BCUT2D eigenvalue weighted by Gasteiger charge is 2.33. The number of hydrogen-bond acceptors (Lipinski definition) is 4. The van der Waals surface area contributed by atoms with E-state index in [9.17, 15) is 0 Å². The minimum atomic E-state index is 0.0646. The zero-order valence-electron chi connectivity index (χ0n) is 15.4. The lowest BCUT2D eigenvalue weighted by atomic mass is 9.95. The van der Waals surface area contributed by atoms with Gasteiger partial charge in [-0.15, -0.1) is 0 Å². The Morgan fingerprint density at radius 3 is 2.96 bits per heavy atom. The van der Waals surface area contributed by atoms with E-state index in [0.717, 1.165) is 49.8 Å². The lowest BCUT2D eigenvalue weighted by Gasteiger charge is -2.35. The molecule has 1 aliphatic heterocycles. The molecule has 0 fully saturated rings. The lowest BCUT2D eigenvalue weighted by molar-refractivity contribution is 0.188. The molecular weight excluding hydrogens is 326 g/mol. The van der Waals surface area contributed by atoms with Gasteiger partial charge in [-0.25, -0.2) is 9.97 Å². The number of nitrogens with one attached hydrogen (secondary N) is 1. The Labute approximate surface area is 153 Å². The largest absolute Gasteiger partial charge is 0.493 e. The number of para-hydroxylation sites is 1. The maximum absolute atomic E-state index is 6.05. The second-order valence-corrected chi connectivity index (χ2v) is 6.73. The average molecular weight is 351 g/mol. The van der Waals surface area contributed by atoms with Crippen LogP contribution in [0.25, 0.3) is 0 Å². The molecule has 0 radical (unpaired) electrons. The van der Waals surface area contributed by atoms with Gasteiger partial charge < -0.3 is 14.3 Å². The maximum Gasteiger partial charge on any atom is 0.124 e. The summed E-state index contributed by atoms with van der Waals surface area (Å²) in [6.07, 6.45) is 7.61. The summed E-state index contributed by atoms with van der Waals surface area (Å²) in [5.41, 5.74) is 3.48. The summed E-state index contributed by atoms with van der Waals surface area (Å²) < 4.78 is 8.13. The number of nitrogens with zero attached hydrogens (tertiary/aromatic N) is 4. The van der Waals surface area contributed by atoms with Gasteiger partial charge in [0, 0.05) is 43.7 Å². The molecular formula is C20H25N5O. The van der Waals surface area contributed by atoms with Crippen molar-refractivity contribution >= 4 is 0 Å². The van der Waals surface area contributed by atoms with E-state index in [-0.39, 0.29) is 6.04 Å². The van der Waals surface area contributed by atoms with Crippen molar-refractivity contribution in [3.8, 4) is 5.75 Å². The molecule has 0 spiro atoms. The SMILES string of the molecule is CCCOc1ccccc1[C@H]1c2nc[nH]c2CCN1Cc1nccn1C. The summed E-state index contributed by atoms with van der Waals surface area (Å²) in [6.45, 7) is 4.58. The molecule has 6 heteroatoms. The number of H-pyrrole nitrogens is 1. The predicted octanol–water partition coefficient (Wildman–Crippen LogP) is 3.08. The first-order valence-electron chi connectivity index (χ1n) is 9.22. The van der Waals surface area contributed by atoms with Crippen molar-refractivity contribution in [1.82, 2.24) is 24.4 Å². The summed E-state index contributed by atoms with van der Waals surface area (Å²) in [6, 6.07) is 8.39. The van der Waals surface area contributed by atoms with Crippen molar-refractivity contribution in [2.45, 2.75) is 32.4 Å². The number of imidazole rings is 2.